The van der Waals surface area contributed by atoms with Gasteiger partial charge in [-0.3, -0.25) is 9.69 Å². The standard InChI is InChI=1S/C9H11N3O2/c1-12-3-6-7(2-9(13)14)10-5-11-8(6)4-12/h5H,2-4H2,1H3,(H,13,14). The fraction of sp³-hybridized carbons (Fsp3) is 0.444. The first-order chi connectivity index (χ1) is 6.66. The van der Waals surface area contributed by atoms with E-state index in [0.29, 0.717) is 5.69 Å². The third-order valence-electron chi connectivity index (χ3n) is 2.29. The van der Waals surface area contributed by atoms with Crippen LogP contribution in [-0.4, -0.2) is 33.0 Å². The minimum absolute atomic E-state index is 0.0152. The molecule has 0 radical (unpaired) electrons. The Morgan fingerprint density at radius 1 is 1.57 bits per heavy atom. The Labute approximate surface area is 81.4 Å². The highest BCUT2D eigenvalue weighted by Gasteiger charge is 2.21. The monoisotopic (exact) mass is 193 g/mol. The lowest BCUT2D eigenvalue weighted by atomic mass is 10.1. The third kappa shape index (κ3) is 1.58. The summed E-state index contributed by atoms with van der Waals surface area (Å²) >= 11 is 0. The zero-order valence-corrected chi connectivity index (χ0v) is 7.90. The van der Waals surface area contributed by atoms with Gasteiger partial charge in [-0.15, -0.1) is 0 Å². The summed E-state index contributed by atoms with van der Waals surface area (Å²) in [6.07, 6.45) is 1.43. The fourth-order valence-electron chi connectivity index (χ4n) is 1.69. The highest BCUT2D eigenvalue weighted by atomic mass is 16.4. The Morgan fingerprint density at radius 3 is 3.07 bits per heavy atom. The second-order valence-corrected chi connectivity index (χ2v) is 3.49. The second kappa shape index (κ2) is 3.34. The Bertz CT molecular complexity index is 378. The molecule has 1 aromatic heterocycles. The van der Waals surface area contributed by atoms with Crippen molar-refractivity contribution < 1.29 is 9.90 Å². The Hall–Kier alpha value is -1.49. The molecule has 5 heteroatoms. The first-order valence-electron chi connectivity index (χ1n) is 4.39. The molecule has 2 rings (SSSR count). The number of carbonyl (C=O) groups is 1. The van der Waals surface area contributed by atoms with Crippen LogP contribution in [0, 0.1) is 0 Å². The van der Waals surface area contributed by atoms with Crippen LogP contribution in [0.3, 0.4) is 0 Å². The highest BCUT2D eigenvalue weighted by molar-refractivity contribution is 5.70. The topological polar surface area (TPSA) is 66.3 Å². The van der Waals surface area contributed by atoms with Crippen molar-refractivity contribution in [2.45, 2.75) is 19.5 Å². The molecule has 0 saturated carbocycles. The van der Waals surface area contributed by atoms with Gasteiger partial charge in [0.2, 0.25) is 0 Å². The van der Waals surface area contributed by atoms with Gasteiger partial charge < -0.3 is 5.11 Å². The van der Waals surface area contributed by atoms with E-state index in [9.17, 15) is 4.79 Å². The van der Waals surface area contributed by atoms with Crippen molar-refractivity contribution in [1.29, 1.82) is 0 Å². The van der Waals surface area contributed by atoms with Crippen molar-refractivity contribution >= 4 is 5.97 Å². The maximum atomic E-state index is 10.6. The molecule has 0 unspecified atom stereocenters. The van der Waals surface area contributed by atoms with E-state index in [1.807, 2.05) is 7.05 Å². The fourth-order valence-corrected chi connectivity index (χ4v) is 1.69. The molecule has 2 heterocycles. The SMILES string of the molecule is CN1Cc2ncnc(CC(=O)O)c2C1. The van der Waals surface area contributed by atoms with Gasteiger partial charge in [-0.25, -0.2) is 9.97 Å². The van der Waals surface area contributed by atoms with E-state index in [2.05, 4.69) is 14.9 Å². The molecule has 1 aliphatic heterocycles. The number of carboxylic acids is 1. The molecule has 0 spiro atoms. The van der Waals surface area contributed by atoms with Crippen LogP contribution in [-0.2, 0) is 24.3 Å². The van der Waals surface area contributed by atoms with E-state index in [4.69, 9.17) is 5.11 Å². The number of aliphatic carboxylic acids is 1. The van der Waals surface area contributed by atoms with Gasteiger partial charge in [-0.1, -0.05) is 0 Å². The molecular formula is C9H11N3O2. The molecule has 0 amide bonds. The molecule has 0 saturated heterocycles. The first-order valence-corrected chi connectivity index (χ1v) is 4.39. The van der Waals surface area contributed by atoms with E-state index in [-0.39, 0.29) is 6.42 Å². The van der Waals surface area contributed by atoms with Crippen molar-refractivity contribution in [3.05, 3.63) is 23.3 Å². The number of fused-ring (bicyclic) bond motifs is 1. The third-order valence-corrected chi connectivity index (χ3v) is 2.29. The molecule has 1 aliphatic rings. The number of hydrogen-bond acceptors (Lipinski definition) is 4. The minimum atomic E-state index is -0.847. The molecule has 0 atom stereocenters. The van der Waals surface area contributed by atoms with Crippen LogP contribution in [0.25, 0.3) is 0 Å². The molecule has 0 bridgehead atoms. The summed E-state index contributed by atoms with van der Waals surface area (Å²) in [5.41, 5.74) is 2.59. The molecule has 1 N–H and O–H groups in total. The number of aromatic nitrogens is 2. The van der Waals surface area contributed by atoms with Gasteiger partial charge in [0, 0.05) is 18.7 Å². The summed E-state index contributed by atoms with van der Waals surface area (Å²) in [5, 5.41) is 8.69. The summed E-state index contributed by atoms with van der Waals surface area (Å²) < 4.78 is 0. The average Bonchev–Trinajstić information content (AvgIpc) is 2.45. The lowest BCUT2D eigenvalue weighted by Gasteiger charge is -2.04. The highest BCUT2D eigenvalue weighted by Crippen LogP contribution is 2.21. The first kappa shape index (κ1) is 9.08. The van der Waals surface area contributed by atoms with Gasteiger partial charge in [0.1, 0.15) is 6.33 Å². The van der Waals surface area contributed by atoms with E-state index < -0.39 is 5.97 Å². The van der Waals surface area contributed by atoms with E-state index in [1.54, 1.807) is 0 Å². The van der Waals surface area contributed by atoms with E-state index >= 15 is 0 Å². The Kier molecular flexibility index (Phi) is 2.17. The quantitative estimate of drug-likeness (QED) is 0.718. The maximum absolute atomic E-state index is 10.6. The van der Waals surface area contributed by atoms with E-state index in [0.717, 1.165) is 24.3 Å². The lowest BCUT2D eigenvalue weighted by Crippen LogP contribution is -2.09. The summed E-state index contributed by atoms with van der Waals surface area (Å²) in [4.78, 5) is 20.8. The van der Waals surface area contributed by atoms with Crippen molar-refractivity contribution in [3.8, 4) is 0 Å². The zero-order valence-electron chi connectivity index (χ0n) is 7.90. The Balaban J connectivity index is 2.34. The van der Waals surface area contributed by atoms with Crippen LogP contribution in [0.5, 0.6) is 0 Å². The smallest absolute Gasteiger partial charge is 0.309 e. The molecule has 5 nitrogen and oxygen atoms in total. The molecule has 74 valence electrons. The largest absolute Gasteiger partial charge is 0.481 e. The van der Waals surface area contributed by atoms with Crippen molar-refractivity contribution in [2.75, 3.05) is 7.05 Å². The predicted octanol–water partition coefficient (Wildman–Crippen LogP) is 0.0491. The number of nitrogens with zero attached hydrogens (tertiary/aromatic N) is 3. The van der Waals surface area contributed by atoms with Gasteiger partial charge in [-0.2, -0.15) is 0 Å². The van der Waals surface area contributed by atoms with Crippen molar-refractivity contribution in [1.82, 2.24) is 14.9 Å². The van der Waals surface area contributed by atoms with Crippen LogP contribution in [0.1, 0.15) is 17.0 Å². The predicted molar refractivity (Wildman–Crippen MR) is 48.5 cm³/mol. The van der Waals surface area contributed by atoms with Gasteiger partial charge in [0.05, 0.1) is 17.8 Å². The number of rotatable bonds is 2. The van der Waals surface area contributed by atoms with Crippen LogP contribution in [0.4, 0.5) is 0 Å². The van der Waals surface area contributed by atoms with Gasteiger partial charge in [-0.05, 0) is 7.05 Å². The number of carboxylic acid groups (broad SMARTS) is 1. The number of hydrogen-bond donors (Lipinski definition) is 1. The van der Waals surface area contributed by atoms with Gasteiger partial charge in [0.15, 0.2) is 0 Å². The molecule has 14 heavy (non-hydrogen) atoms. The Morgan fingerprint density at radius 2 is 2.36 bits per heavy atom. The van der Waals surface area contributed by atoms with Crippen LogP contribution in [0.2, 0.25) is 0 Å². The van der Waals surface area contributed by atoms with Crippen molar-refractivity contribution in [3.63, 3.8) is 0 Å². The molecule has 1 aromatic rings. The van der Waals surface area contributed by atoms with E-state index in [1.165, 1.54) is 6.33 Å². The summed E-state index contributed by atoms with van der Waals surface area (Å²) in [6, 6.07) is 0. The van der Waals surface area contributed by atoms with Gasteiger partial charge >= 0.3 is 5.97 Å². The summed E-state index contributed by atoms with van der Waals surface area (Å²) in [6.45, 7) is 1.53. The molecule has 0 aromatic carbocycles. The van der Waals surface area contributed by atoms with Gasteiger partial charge in [0.25, 0.3) is 0 Å². The normalized spacial score (nSPS) is 15.5. The molecule has 0 aliphatic carbocycles. The lowest BCUT2D eigenvalue weighted by molar-refractivity contribution is -0.136. The summed E-state index contributed by atoms with van der Waals surface area (Å²) in [7, 11) is 1.98. The van der Waals surface area contributed by atoms with Crippen molar-refractivity contribution in [2.24, 2.45) is 0 Å². The van der Waals surface area contributed by atoms with Crippen LogP contribution in [0.15, 0.2) is 6.33 Å². The van der Waals surface area contributed by atoms with Crippen LogP contribution >= 0.6 is 0 Å². The average molecular weight is 193 g/mol. The molecular weight excluding hydrogens is 182 g/mol. The second-order valence-electron chi connectivity index (χ2n) is 3.49. The van der Waals surface area contributed by atoms with Crippen LogP contribution < -0.4 is 0 Å². The summed E-state index contributed by atoms with van der Waals surface area (Å²) in [5.74, 6) is -0.847. The zero-order chi connectivity index (χ0) is 10.1. The minimum Gasteiger partial charge on any atom is -0.481 e. The maximum Gasteiger partial charge on any atom is 0.309 e. The molecule has 0 fully saturated rings.